The molecule has 3 aromatic rings. The Morgan fingerprint density at radius 3 is 2.07 bits per heavy atom. The fraction of sp³-hybridized carbons (Fsp3) is 0.394. The first-order valence-corrected chi connectivity index (χ1v) is 15.5. The van der Waals surface area contributed by atoms with Crippen LogP contribution in [0.5, 0.6) is 0 Å². The number of nitrogens with zero attached hydrogens (tertiary/aromatic N) is 2. The van der Waals surface area contributed by atoms with E-state index in [-0.39, 0.29) is 17.3 Å². The van der Waals surface area contributed by atoms with Gasteiger partial charge in [0.15, 0.2) is 0 Å². The summed E-state index contributed by atoms with van der Waals surface area (Å²) in [5, 5.41) is 3.00. The Morgan fingerprint density at radius 2 is 1.49 bits per heavy atom. The molecule has 1 atom stereocenters. The molecular weight excluding hydrogens is 534 g/mol. The maximum Gasteiger partial charge on any atom is 0.264 e. The van der Waals surface area contributed by atoms with Crippen molar-refractivity contribution in [3.8, 4) is 0 Å². The number of carbonyl (C=O) groups is 2. The third-order valence-corrected chi connectivity index (χ3v) is 8.66. The predicted molar refractivity (Wildman–Crippen MR) is 165 cm³/mol. The summed E-state index contributed by atoms with van der Waals surface area (Å²) in [5.41, 5.74) is 3.51. The molecule has 8 heteroatoms. The van der Waals surface area contributed by atoms with E-state index >= 15 is 0 Å². The Balaban J connectivity index is 2.06. The van der Waals surface area contributed by atoms with Crippen LogP contribution in [0.25, 0.3) is 0 Å². The average molecular weight is 578 g/mol. The molecule has 3 aromatic carbocycles. The molecule has 0 heterocycles. The molecule has 3 rings (SSSR count). The summed E-state index contributed by atoms with van der Waals surface area (Å²) in [7, 11) is -4.10. The van der Waals surface area contributed by atoms with E-state index in [1.54, 1.807) is 30.3 Å². The molecule has 0 spiro atoms. The predicted octanol–water partition coefficient (Wildman–Crippen LogP) is 5.57. The van der Waals surface area contributed by atoms with Gasteiger partial charge in [0.25, 0.3) is 10.0 Å². The molecule has 0 aliphatic heterocycles. The first-order chi connectivity index (χ1) is 19.2. The number of anilines is 1. The van der Waals surface area contributed by atoms with Crippen LogP contribution in [0.4, 0.5) is 5.69 Å². The molecule has 0 aromatic heterocycles. The van der Waals surface area contributed by atoms with Crippen molar-refractivity contribution < 1.29 is 18.0 Å². The monoisotopic (exact) mass is 577 g/mol. The van der Waals surface area contributed by atoms with Gasteiger partial charge < -0.3 is 10.2 Å². The summed E-state index contributed by atoms with van der Waals surface area (Å²) in [6.45, 7) is 13.0. The van der Waals surface area contributed by atoms with Gasteiger partial charge in [-0.25, -0.2) is 8.42 Å². The van der Waals surface area contributed by atoms with Gasteiger partial charge in [-0.3, -0.25) is 13.9 Å². The molecule has 0 aliphatic carbocycles. The molecule has 0 fully saturated rings. The minimum atomic E-state index is -4.10. The van der Waals surface area contributed by atoms with Crippen LogP contribution in [-0.4, -0.2) is 49.8 Å². The topological polar surface area (TPSA) is 86.8 Å². The maximum atomic E-state index is 14.2. The molecule has 0 radical (unpaired) electrons. The number of hydrogen-bond acceptors (Lipinski definition) is 4. The molecule has 0 saturated heterocycles. The summed E-state index contributed by atoms with van der Waals surface area (Å²) in [6, 6.07) is 21.1. The molecule has 41 heavy (non-hydrogen) atoms. The molecular formula is C33H43N3O4S. The Labute approximate surface area is 245 Å². The van der Waals surface area contributed by atoms with Crippen molar-refractivity contribution >= 4 is 27.5 Å². The highest BCUT2D eigenvalue weighted by atomic mass is 32.2. The van der Waals surface area contributed by atoms with Crippen molar-refractivity contribution in [3.63, 3.8) is 0 Å². The SMILES string of the molecule is CCC(C(=O)NC(C)(C)C)N(CCc1ccccc1)C(=O)CN(c1cc(C)ccc1C)S(=O)(=O)c1ccc(C)cc1. The highest BCUT2D eigenvalue weighted by molar-refractivity contribution is 7.92. The normalized spacial score (nSPS) is 12.5. The van der Waals surface area contributed by atoms with Crippen molar-refractivity contribution in [1.82, 2.24) is 10.2 Å². The molecule has 0 saturated carbocycles. The molecule has 1 N–H and O–H groups in total. The van der Waals surface area contributed by atoms with Crippen LogP contribution in [0.3, 0.4) is 0 Å². The van der Waals surface area contributed by atoms with Gasteiger partial charge in [0.2, 0.25) is 11.8 Å². The minimum absolute atomic E-state index is 0.102. The number of aryl methyl sites for hydroxylation is 3. The Hall–Kier alpha value is -3.65. The van der Waals surface area contributed by atoms with Gasteiger partial charge in [0, 0.05) is 12.1 Å². The van der Waals surface area contributed by atoms with Gasteiger partial charge in [-0.1, -0.05) is 67.1 Å². The van der Waals surface area contributed by atoms with Gasteiger partial charge in [-0.05, 0) is 89.3 Å². The van der Waals surface area contributed by atoms with Crippen LogP contribution in [-0.2, 0) is 26.0 Å². The quantitative estimate of drug-likeness (QED) is 0.323. The van der Waals surface area contributed by atoms with Gasteiger partial charge in [-0.15, -0.1) is 0 Å². The first-order valence-electron chi connectivity index (χ1n) is 14.0. The van der Waals surface area contributed by atoms with Crippen LogP contribution in [0.2, 0.25) is 0 Å². The second-order valence-electron chi connectivity index (χ2n) is 11.6. The fourth-order valence-corrected chi connectivity index (χ4v) is 6.16. The van der Waals surface area contributed by atoms with Crippen LogP contribution >= 0.6 is 0 Å². The average Bonchev–Trinajstić information content (AvgIpc) is 2.90. The second kappa shape index (κ2) is 13.3. The van der Waals surface area contributed by atoms with Crippen molar-refractivity contribution in [1.29, 1.82) is 0 Å². The second-order valence-corrected chi connectivity index (χ2v) is 13.5. The highest BCUT2D eigenvalue weighted by Crippen LogP contribution is 2.28. The fourth-order valence-electron chi connectivity index (χ4n) is 4.69. The van der Waals surface area contributed by atoms with Crippen LogP contribution in [0.1, 0.15) is 56.4 Å². The molecule has 0 bridgehead atoms. The summed E-state index contributed by atoms with van der Waals surface area (Å²) >= 11 is 0. The lowest BCUT2D eigenvalue weighted by Gasteiger charge is -2.35. The van der Waals surface area contributed by atoms with Gasteiger partial charge >= 0.3 is 0 Å². The molecule has 2 amide bonds. The van der Waals surface area contributed by atoms with E-state index in [4.69, 9.17) is 0 Å². The van der Waals surface area contributed by atoms with Gasteiger partial charge in [0.05, 0.1) is 10.6 Å². The number of hydrogen-bond donors (Lipinski definition) is 1. The maximum absolute atomic E-state index is 14.2. The third kappa shape index (κ3) is 8.43. The van der Waals surface area contributed by atoms with E-state index in [1.807, 2.05) is 90.9 Å². The van der Waals surface area contributed by atoms with Crippen LogP contribution in [0, 0.1) is 20.8 Å². The number of amides is 2. The largest absolute Gasteiger partial charge is 0.350 e. The van der Waals surface area contributed by atoms with Crippen LogP contribution < -0.4 is 9.62 Å². The van der Waals surface area contributed by atoms with E-state index < -0.39 is 34.1 Å². The van der Waals surface area contributed by atoms with E-state index in [9.17, 15) is 18.0 Å². The highest BCUT2D eigenvalue weighted by Gasteiger charge is 2.34. The number of benzene rings is 3. The van der Waals surface area contributed by atoms with Gasteiger partial charge in [-0.2, -0.15) is 0 Å². The van der Waals surface area contributed by atoms with Crippen molar-refractivity contribution in [2.24, 2.45) is 0 Å². The Morgan fingerprint density at radius 1 is 0.878 bits per heavy atom. The van der Waals surface area contributed by atoms with Crippen molar-refractivity contribution in [3.05, 3.63) is 95.1 Å². The Kier molecular flexibility index (Phi) is 10.4. The number of rotatable bonds is 11. The number of nitrogens with one attached hydrogen (secondary N) is 1. The van der Waals surface area contributed by atoms with Gasteiger partial charge in [0.1, 0.15) is 12.6 Å². The number of sulfonamides is 1. The summed E-state index contributed by atoms with van der Waals surface area (Å²) in [6.07, 6.45) is 0.913. The lowest BCUT2D eigenvalue weighted by Crippen LogP contribution is -2.56. The van der Waals surface area contributed by atoms with Crippen LogP contribution in [0.15, 0.2) is 77.7 Å². The minimum Gasteiger partial charge on any atom is -0.350 e. The molecule has 0 aliphatic rings. The number of carbonyl (C=O) groups excluding carboxylic acids is 2. The summed E-state index contributed by atoms with van der Waals surface area (Å²) < 4.78 is 29.4. The van der Waals surface area contributed by atoms with E-state index in [2.05, 4.69) is 5.32 Å². The smallest absolute Gasteiger partial charge is 0.264 e. The Bertz CT molecular complexity index is 1450. The summed E-state index contributed by atoms with van der Waals surface area (Å²) in [4.78, 5) is 29.2. The lowest BCUT2D eigenvalue weighted by atomic mass is 10.1. The zero-order valence-corrected chi connectivity index (χ0v) is 26.1. The first kappa shape index (κ1) is 31.9. The summed E-state index contributed by atoms with van der Waals surface area (Å²) in [5.74, 6) is -0.700. The zero-order chi connectivity index (χ0) is 30.4. The van der Waals surface area contributed by atoms with Crippen molar-refractivity contribution in [2.75, 3.05) is 17.4 Å². The van der Waals surface area contributed by atoms with Crippen molar-refractivity contribution in [2.45, 2.75) is 77.8 Å². The standard InChI is InChI=1S/C33H43N3O4S/c1-8-29(32(38)34-33(5,6)7)35(21-20-27-12-10-9-11-13-27)31(37)23-36(30-22-25(3)14-17-26(30)4)41(39,40)28-18-15-24(2)16-19-28/h9-19,22,29H,8,20-21,23H2,1-7H3,(H,34,38). The third-order valence-electron chi connectivity index (χ3n) is 6.89. The molecule has 7 nitrogen and oxygen atoms in total. The zero-order valence-electron chi connectivity index (χ0n) is 25.3. The molecule has 1 unspecified atom stereocenters. The molecule has 220 valence electrons. The van der Waals surface area contributed by atoms with E-state index in [0.717, 1.165) is 22.3 Å². The lowest BCUT2D eigenvalue weighted by molar-refractivity contribution is -0.140. The van der Waals surface area contributed by atoms with E-state index in [1.165, 1.54) is 9.21 Å². The van der Waals surface area contributed by atoms with E-state index in [0.29, 0.717) is 18.5 Å².